The molecule has 0 rings (SSSR count). The summed E-state index contributed by atoms with van der Waals surface area (Å²) >= 11 is 4.80. The molecule has 0 atom stereocenters. The summed E-state index contributed by atoms with van der Waals surface area (Å²) in [6, 6.07) is 0. The van der Waals surface area contributed by atoms with Crippen LogP contribution in [0.15, 0.2) is 11.4 Å². The second-order valence-corrected chi connectivity index (χ2v) is 0.752. The smallest absolute Gasteiger partial charge is 0.193 e. The lowest BCUT2D eigenvalue weighted by molar-refractivity contribution is 0.407. The highest BCUT2D eigenvalue weighted by molar-refractivity contribution is 6.25. The van der Waals surface area contributed by atoms with E-state index in [1.807, 2.05) is 0 Å². The van der Waals surface area contributed by atoms with E-state index in [9.17, 15) is 0 Å². The van der Waals surface area contributed by atoms with Crippen LogP contribution >= 0.6 is 11.6 Å². The standard InChI is InChI=1S/C2H4ClNO/c3-1-2(4)5/h1,5H,4H2. The molecule has 0 amide bonds. The van der Waals surface area contributed by atoms with E-state index in [1.54, 1.807) is 0 Å². The second kappa shape index (κ2) is 1.91. The van der Waals surface area contributed by atoms with Crippen LogP contribution in [0.3, 0.4) is 0 Å². The minimum absolute atomic E-state index is 0.355. The van der Waals surface area contributed by atoms with Crippen LogP contribution < -0.4 is 5.73 Å². The maximum atomic E-state index is 7.87. The Balaban J connectivity index is 3.14. The molecule has 5 heavy (non-hydrogen) atoms. The molecule has 3 N–H and O–H groups in total. The van der Waals surface area contributed by atoms with Crippen LogP contribution in [0.2, 0.25) is 0 Å². The lowest BCUT2D eigenvalue weighted by Crippen LogP contribution is -1.90. The number of hydrogen-bond donors (Lipinski definition) is 2. The number of halogens is 1. The number of aliphatic hydroxyl groups excluding tert-OH is 1. The zero-order valence-corrected chi connectivity index (χ0v) is 3.24. The molecule has 0 aromatic carbocycles. The van der Waals surface area contributed by atoms with E-state index in [2.05, 4.69) is 5.73 Å². The first-order valence-electron chi connectivity index (χ1n) is 1.02. The molecule has 3 heteroatoms. The van der Waals surface area contributed by atoms with E-state index in [-0.39, 0.29) is 5.88 Å². The molecule has 0 saturated carbocycles. The highest BCUT2D eigenvalue weighted by atomic mass is 35.5. The molecule has 0 radical (unpaired) electrons. The number of rotatable bonds is 0. The van der Waals surface area contributed by atoms with Crippen molar-refractivity contribution < 1.29 is 5.11 Å². The molecule has 0 aliphatic heterocycles. The van der Waals surface area contributed by atoms with Crippen LogP contribution in [0.1, 0.15) is 0 Å². The van der Waals surface area contributed by atoms with Gasteiger partial charge in [0.25, 0.3) is 0 Å². The van der Waals surface area contributed by atoms with E-state index in [0.29, 0.717) is 0 Å². The van der Waals surface area contributed by atoms with Crippen LogP contribution in [0.25, 0.3) is 0 Å². The molecule has 0 saturated heterocycles. The van der Waals surface area contributed by atoms with Crippen molar-refractivity contribution in [2.75, 3.05) is 0 Å². The molecule has 0 aliphatic carbocycles. The molecule has 0 spiro atoms. The molecule has 0 aromatic rings. The molecular formula is C2H4ClNO. The van der Waals surface area contributed by atoms with E-state index in [4.69, 9.17) is 16.7 Å². The van der Waals surface area contributed by atoms with Crippen molar-refractivity contribution in [1.82, 2.24) is 0 Å². The first-order valence-corrected chi connectivity index (χ1v) is 1.46. The minimum Gasteiger partial charge on any atom is -0.494 e. The molecule has 30 valence electrons. The van der Waals surface area contributed by atoms with Gasteiger partial charge in [-0.3, -0.25) is 0 Å². The van der Waals surface area contributed by atoms with Gasteiger partial charge in [-0.15, -0.1) is 0 Å². The first kappa shape index (κ1) is 4.63. The van der Waals surface area contributed by atoms with Gasteiger partial charge >= 0.3 is 0 Å². The molecule has 0 bridgehead atoms. The van der Waals surface area contributed by atoms with Gasteiger partial charge in [0, 0.05) is 0 Å². The fourth-order valence-corrected chi connectivity index (χ4v) is 0. The summed E-state index contributed by atoms with van der Waals surface area (Å²) in [6.45, 7) is 0. The third-order valence-electron chi connectivity index (χ3n) is 0.112. The Bertz CT molecular complexity index is 47.6. The quantitative estimate of drug-likeness (QED) is 0.430. The summed E-state index contributed by atoms with van der Waals surface area (Å²) in [5.74, 6) is -0.355. The first-order chi connectivity index (χ1) is 2.27. The van der Waals surface area contributed by atoms with Crippen molar-refractivity contribution in [3.8, 4) is 0 Å². The van der Waals surface area contributed by atoms with E-state index >= 15 is 0 Å². The van der Waals surface area contributed by atoms with Crippen LogP contribution in [0.5, 0.6) is 0 Å². The molecule has 0 aromatic heterocycles. The number of nitrogens with two attached hydrogens (primary N) is 1. The summed E-state index contributed by atoms with van der Waals surface area (Å²) in [5, 5.41) is 7.87. The van der Waals surface area contributed by atoms with Gasteiger partial charge in [0.05, 0.1) is 5.54 Å². The van der Waals surface area contributed by atoms with Gasteiger partial charge in [-0.1, -0.05) is 11.6 Å². The Morgan fingerprint density at radius 1 is 2.00 bits per heavy atom. The van der Waals surface area contributed by atoms with Crippen molar-refractivity contribution in [3.63, 3.8) is 0 Å². The van der Waals surface area contributed by atoms with E-state index in [1.165, 1.54) is 0 Å². The summed E-state index contributed by atoms with van der Waals surface area (Å²) in [6.07, 6.45) is 0. The maximum absolute atomic E-state index is 7.87. The van der Waals surface area contributed by atoms with Crippen molar-refractivity contribution in [2.45, 2.75) is 0 Å². The fourth-order valence-electron chi connectivity index (χ4n) is 0. The maximum Gasteiger partial charge on any atom is 0.193 e. The lowest BCUT2D eigenvalue weighted by atomic mass is 11.0. The normalized spacial score (nSPS) is 11.8. The minimum atomic E-state index is -0.355. The summed E-state index contributed by atoms with van der Waals surface area (Å²) in [7, 11) is 0. The van der Waals surface area contributed by atoms with Crippen molar-refractivity contribution >= 4 is 11.6 Å². The molecule has 0 heterocycles. The predicted molar refractivity (Wildman–Crippen MR) is 20.8 cm³/mol. The monoisotopic (exact) mass is 93.0 g/mol. The summed E-state index contributed by atoms with van der Waals surface area (Å²) in [4.78, 5) is 0. The summed E-state index contributed by atoms with van der Waals surface area (Å²) in [5.41, 5.74) is 5.47. The molecular weight excluding hydrogens is 89.5 g/mol. The molecule has 0 aliphatic rings. The Morgan fingerprint density at radius 3 is 2.20 bits per heavy atom. The van der Waals surface area contributed by atoms with Gasteiger partial charge in [-0.25, -0.2) is 0 Å². The van der Waals surface area contributed by atoms with Crippen molar-refractivity contribution in [1.29, 1.82) is 0 Å². The highest BCUT2D eigenvalue weighted by Gasteiger charge is 1.65. The van der Waals surface area contributed by atoms with E-state index < -0.39 is 0 Å². The van der Waals surface area contributed by atoms with Crippen molar-refractivity contribution in [3.05, 3.63) is 11.4 Å². The van der Waals surface area contributed by atoms with Gasteiger partial charge in [-0.05, 0) is 0 Å². The van der Waals surface area contributed by atoms with Crippen LogP contribution in [0, 0.1) is 0 Å². The topological polar surface area (TPSA) is 46.2 Å². The Kier molecular flexibility index (Phi) is 1.76. The fraction of sp³-hybridized carbons (Fsp3) is 0. The average molecular weight is 93.5 g/mol. The number of hydrogen-bond acceptors (Lipinski definition) is 2. The lowest BCUT2D eigenvalue weighted by Gasteiger charge is -1.75. The van der Waals surface area contributed by atoms with Crippen LogP contribution in [-0.2, 0) is 0 Å². The average Bonchev–Trinajstić information content (AvgIpc) is 1.38. The third kappa shape index (κ3) is 3.63. The van der Waals surface area contributed by atoms with Gasteiger partial charge in [-0.2, -0.15) is 0 Å². The third-order valence-corrected chi connectivity index (χ3v) is 0.335. The SMILES string of the molecule is NC(O)=CCl. The highest BCUT2D eigenvalue weighted by Crippen LogP contribution is 1.76. The zero-order valence-electron chi connectivity index (χ0n) is 2.48. The Labute approximate surface area is 34.9 Å². The molecule has 0 fully saturated rings. The zero-order chi connectivity index (χ0) is 4.28. The number of aliphatic hydroxyl groups is 1. The predicted octanol–water partition coefficient (Wildman–Crippen LogP) is 0.541. The van der Waals surface area contributed by atoms with E-state index in [0.717, 1.165) is 5.54 Å². The Hall–Kier alpha value is -0.370. The molecule has 0 unspecified atom stereocenters. The van der Waals surface area contributed by atoms with Crippen LogP contribution in [0.4, 0.5) is 0 Å². The van der Waals surface area contributed by atoms with Gasteiger partial charge in [0.2, 0.25) is 0 Å². The summed E-state index contributed by atoms with van der Waals surface area (Å²) < 4.78 is 0. The molecule has 2 nitrogen and oxygen atoms in total. The van der Waals surface area contributed by atoms with Gasteiger partial charge in [0.15, 0.2) is 5.88 Å². The van der Waals surface area contributed by atoms with Gasteiger partial charge in [0.1, 0.15) is 0 Å². The second-order valence-electron chi connectivity index (χ2n) is 0.534. The van der Waals surface area contributed by atoms with Crippen molar-refractivity contribution in [2.24, 2.45) is 5.73 Å². The van der Waals surface area contributed by atoms with Crippen LogP contribution in [-0.4, -0.2) is 5.11 Å². The van der Waals surface area contributed by atoms with Gasteiger partial charge < -0.3 is 10.8 Å². The Morgan fingerprint density at radius 2 is 2.20 bits per heavy atom. The largest absolute Gasteiger partial charge is 0.494 e.